The van der Waals surface area contributed by atoms with Gasteiger partial charge in [0, 0.05) is 0 Å². The number of ether oxygens (including phenoxy) is 2. The minimum absolute atomic E-state index is 0.247. The maximum Gasteiger partial charge on any atom is 0.508 e. The monoisotopic (exact) mass is 156 g/mol. The molecule has 0 saturated carbocycles. The molecular weight excluding hydrogens is 144 g/mol. The number of hydrogen-bond donors (Lipinski definition) is 0. The van der Waals surface area contributed by atoms with Crippen molar-refractivity contribution in [3.05, 3.63) is 24.3 Å². The van der Waals surface area contributed by atoms with Crippen molar-refractivity contribution in [2.24, 2.45) is 0 Å². The summed E-state index contributed by atoms with van der Waals surface area (Å²) in [6.45, 7) is 2.16. The summed E-state index contributed by atoms with van der Waals surface area (Å²) in [5.74, 6) is 0. The van der Waals surface area contributed by atoms with E-state index in [2.05, 4.69) is 9.47 Å². The van der Waals surface area contributed by atoms with Crippen molar-refractivity contribution in [3.63, 3.8) is 0 Å². The van der Waals surface area contributed by atoms with Crippen molar-refractivity contribution in [2.75, 3.05) is 13.7 Å². The molecule has 0 rings (SSSR count). The molecule has 3 nitrogen and oxygen atoms in total. The van der Waals surface area contributed by atoms with E-state index in [1.165, 1.54) is 7.11 Å². The number of methoxy groups -OCH3 is 1. The lowest BCUT2D eigenvalue weighted by Gasteiger charge is -1.96. The first-order valence-electron chi connectivity index (χ1n) is 3.29. The van der Waals surface area contributed by atoms with Crippen molar-refractivity contribution in [3.8, 4) is 0 Å². The highest BCUT2D eigenvalue weighted by Gasteiger charge is 1.94. The van der Waals surface area contributed by atoms with Crippen LogP contribution in [0.15, 0.2) is 24.3 Å². The molecule has 0 N–H and O–H groups in total. The molecule has 0 aromatic heterocycles. The fraction of sp³-hybridized carbons (Fsp3) is 0.375. The van der Waals surface area contributed by atoms with Crippen LogP contribution in [-0.4, -0.2) is 19.9 Å². The largest absolute Gasteiger partial charge is 0.508 e. The van der Waals surface area contributed by atoms with Crippen LogP contribution in [0.4, 0.5) is 4.79 Å². The number of allylic oxidation sites excluding steroid dienone is 3. The summed E-state index contributed by atoms with van der Waals surface area (Å²) < 4.78 is 8.80. The van der Waals surface area contributed by atoms with E-state index in [1.54, 1.807) is 12.2 Å². The highest BCUT2D eigenvalue weighted by molar-refractivity contribution is 5.59. The number of hydrogen-bond acceptors (Lipinski definition) is 3. The second-order valence-corrected chi connectivity index (χ2v) is 1.72. The number of rotatable bonds is 3. The Bertz CT molecular complexity index is 159. The zero-order valence-electron chi connectivity index (χ0n) is 6.74. The standard InChI is InChI=1S/C8H12O3/c1-3-4-5-6-7-11-8(9)10-2/h3-6H,7H2,1-2H3. The fourth-order valence-corrected chi connectivity index (χ4v) is 0.420. The predicted molar refractivity (Wildman–Crippen MR) is 42.3 cm³/mol. The number of carbonyl (C=O) groups excluding carboxylic acids is 1. The van der Waals surface area contributed by atoms with Gasteiger partial charge in [0.05, 0.1) is 7.11 Å². The van der Waals surface area contributed by atoms with Crippen molar-refractivity contribution in [2.45, 2.75) is 6.92 Å². The van der Waals surface area contributed by atoms with E-state index < -0.39 is 6.16 Å². The third-order valence-corrected chi connectivity index (χ3v) is 0.904. The van der Waals surface area contributed by atoms with E-state index >= 15 is 0 Å². The van der Waals surface area contributed by atoms with Gasteiger partial charge in [-0.15, -0.1) is 0 Å². The average Bonchev–Trinajstić information content (AvgIpc) is 2.04. The Morgan fingerprint density at radius 3 is 2.73 bits per heavy atom. The molecule has 3 heteroatoms. The summed E-state index contributed by atoms with van der Waals surface area (Å²) in [4.78, 5) is 10.3. The van der Waals surface area contributed by atoms with Gasteiger partial charge in [-0.1, -0.05) is 18.2 Å². The molecule has 0 atom stereocenters. The minimum Gasteiger partial charge on any atom is -0.438 e. The SMILES string of the molecule is CC=CC=CCOC(=O)OC. The third kappa shape index (κ3) is 6.64. The molecule has 0 amide bonds. The van der Waals surface area contributed by atoms with Gasteiger partial charge in [-0.2, -0.15) is 0 Å². The zero-order valence-corrected chi connectivity index (χ0v) is 6.74. The first-order valence-corrected chi connectivity index (χ1v) is 3.29. The molecule has 0 bridgehead atoms. The van der Waals surface area contributed by atoms with Crippen molar-refractivity contribution in [1.82, 2.24) is 0 Å². The molecule has 0 saturated heterocycles. The number of carbonyl (C=O) groups is 1. The molecule has 0 aromatic rings. The molecule has 0 radical (unpaired) electrons. The van der Waals surface area contributed by atoms with Crippen LogP contribution in [0.25, 0.3) is 0 Å². The van der Waals surface area contributed by atoms with E-state index in [0.29, 0.717) is 0 Å². The molecular formula is C8H12O3. The van der Waals surface area contributed by atoms with Crippen molar-refractivity contribution in [1.29, 1.82) is 0 Å². The van der Waals surface area contributed by atoms with Crippen LogP contribution in [0.3, 0.4) is 0 Å². The Morgan fingerprint density at radius 2 is 2.18 bits per heavy atom. The first kappa shape index (κ1) is 9.75. The van der Waals surface area contributed by atoms with Crippen LogP contribution in [-0.2, 0) is 9.47 Å². The zero-order chi connectivity index (χ0) is 8.53. The van der Waals surface area contributed by atoms with E-state index in [1.807, 2.05) is 19.1 Å². The van der Waals surface area contributed by atoms with Gasteiger partial charge >= 0.3 is 6.16 Å². The molecule has 0 heterocycles. The van der Waals surface area contributed by atoms with Crippen LogP contribution < -0.4 is 0 Å². The summed E-state index contributed by atoms with van der Waals surface area (Å²) in [6, 6.07) is 0. The fourth-order valence-electron chi connectivity index (χ4n) is 0.420. The maximum atomic E-state index is 10.3. The summed E-state index contributed by atoms with van der Waals surface area (Å²) >= 11 is 0. The molecule has 0 aliphatic heterocycles. The van der Waals surface area contributed by atoms with Crippen molar-refractivity contribution >= 4 is 6.16 Å². The minimum atomic E-state index is -0.657. The first-order chi connectivity index (χ1) is 5.31. The van der Waals surface area contributed by atoms with Crippen LogP contribution in [0.1, 0.15) is 6.92 Å². The van der Waals surface area contributed by atoms with E-state index in [9.17, 15) is 4.79 Å². The highest BCUT2D eigenvalue weighted by Crippen LogP contribution is 1.83. The Kier molecular flexibility index (Phi) is 6.08. The molecule has 0 aromatic carbocycles. The predicted octanol–water partition coefficient (Wildman–Crippen LogP) is 1.90. The Balaban J connectivity index is 3.33. The molecule has 0 fully saturated rings. The van der Waals surface area contributed by atoms with E-state index in [0.717, 1.165) is 0 Å². The quantitative estimate of drug-likeness (QED) is 0.462. The van der Waals surface area contributed by atoms with Gasteiger partial charge in [0.15, 0.2) is 0 Å². The molecule has 0 aliphatic rings. The molecule has 0 unspecified atom stereocenters. The summed E-state index contributed by atoms with van der Waals surface area (Å²) in [6.07, 6.45) is 6.59. The summed E-state index contributed by atoms with van der Waals surface area (Å²) in [5, 5.41) is 0. The van der Waals surface area contributed by atoms with Gasteiger partial charge in [0.25, 0.3) is 0 Å². The molecule has 62 valence electrons. The van der Waals surface area contributed by atoms with Crippen LogP contribution >= 0.6 is 0 Å². The summed E-state index contributed by atoms with van der Waals surface area (Å²) in [5.41, 5.74) is 0. The van der Waals surface area contributed by atoms with E-state index in [-0.39, 0.29) is 6.61 Å². The second-order valence-electron chi connectivity index (χ2n) is 1.72. The second kappa shape index (κ2) is 6.86. The normalized spacial score (nSPS) is 10.7. The van der Waals surface area contributed by atoms with Crippen LogP contribution in [0, 0.1) is 0 Å². The van der Waals surface area contributed by atoms with Gasteiger partial charge in [-0.05, 0) is 13.0 Å². The molecule has 11 heavy (non-hydrogen) atoms. The lowest BCUT2D eigenvalue weighted by Crippen LogP contribution is -2.03. The lowest BCUT2D eigenvalue weighted by atomic mass is 10.4. The Labute approximate surface area is 66.3 Å². The maximum absolute atomic E-state index is 10.3. The summed E-state index contributed by atoms with van der Waals surface area (Å²) in [7, 11) is 1.28. The van der Waals surface area contributed by atoms with Crippen LogP contribution in [0.2, 0.25) is 0 Å². The van der Waals surface area contributed by atoms with E-state index in [4.69, 9.17) is 0 Å². The van der Waals surface area contributed by atoms with Gasteiger partial charge in [-0.25, -0.2) is 4.79 Å². The van der Waals surface area contributed by atoms with Crippen molar-refractivity contribution < 1.29 is 14.3 Å². The smallest absolute Gasteiger partial charge is 0.438 e. The lowest BCUT2D eigenvalue weighted by molar-refractivity contribution is 0.0818. The van der Waals surface area contributed by atoms with Gasteiger partial charge < -0.3 is 9.47 Å². The van der Waals surface area contributed by atoms with Crippen LogP contribution in [0.5, 0.6) is 0 Å². The van der Waals surface area contributed by atoms with Gasteiger partial charge in [-0.3, -0.25) is 0 Å². The van der Waals surface area contributed by atoms with Gasteiger partial charge in [0.1, 0.15) is 6.61 Å². The average molecular weight is 156 g/mol. The Hall–Kier alpha value is -1.25. The highest BCUT2D eigenvalue weighted by atomic mass is 16.7. The molecule has 0 aliphatic carbocycles. The van der Waals surface area contributed by atoms with Gasteiger partial charge in [0.2, 0.25) is 0 Å². The molecule has 0 spiro atoms. The third-order valence-electron chi connectivity index (χ3n) is 0.904. The Morgan fingerprint density at radius 1 is 1.45 bits per heavy atom. The topological polar surface area (TPSA) is 35.5 Å².